The van der Waals surface area contributed by atoms with Crippen molar-refractivity contribution in [3.05, 3.63) is 21.3 Å². The normalized spacial score (nSPS) is 12.5. The molecule has 1 atom stereocenters. The van der Waals surface area contributed by atoms with E-state index in [9.17, 15) is 4.79 Å². The summed E-state index contributed by atoms with van der Waals surface area (Å²) in [5, 5.41) is 0. The Hall–Kier alpha value is -0.580. The van der Waals surface area contributed by atoms with Gasteiger partial charge in [0.15, 0.2) is 0 Å². The van der Waals surface area contributed by atoms with Crippen molar-refractivity contribution < 1.29 is 9.53 Å². The molecule has 0 aliphatic carbocycles. The molecule has 5 heteroatoms. The number of methoxy groups -OCH3 is 1. The Morgan fingerprint density at radius 1 is 1.77 bits per heavy atom. The lowest BCUT2D eigenvalue weighted by atomic mass is 10.2. The summed E-state index contributed by atoms with van der Waals surface area (Å²) >= 11 is 7.14. The van der Waals surface area contributed by atoms with E-state index in [2.05, 4.69) is 4.74 Å². The van der Waals surface area contributed by atoms with Gasteiger partial charge in [0.2, 0.25) is 0 Å². The van der Waals surface area contributed by atoms with Crippen molar-refractivity contribution in [2.45, 2.75) is 12.5 Å². The van der Waals surface area contributed by atoms with Gasteiger partial charge in [0, 0.05) is 11.3 Å². The van der Waals surface area contributed by atoms with Crippen LogP contribution >= 0.6 is 22.9 Å². The van der Waals surface area contributed by atoms with Gasteiger partial charge in [-0.05, 0) is 12.1 Å². The van der Waals surface area contributed by atoms with Gasteiger partial charge in [0.25, 0.3) is 0 Å². The van der Waals surface area contributed by atoms with Crippen LogP contribution in [0, 0.1) is 0 Å². The minimum Gasteiger partial charge on any atom is -0.468 e. The highest BCUT2D eigenvalue weighted by Gasteiger charge is 2.14. The average molecular weight is 220 g/mol. The quantitative estimate of drug-likeness (QED) is 0.783. The zero-order chi connectivity index (χ0) is 9.84. The van der Waals surface area contributed by atoms with Crippen molar-refractivity contribution in [1.29, 1.82) is 0 Å². The fourth-order valence-electron chi connectivity index (χ4n) is 0.913. The lowest BCUT2D eigenvalue weighted by molar-refractivity contribution is -0.142. The van der Waals surface area contributed by atoms with Crippen LogP contribution in [0.15, 0.2) is 12.1 Å². The maximum atomic E-state index is 10.9. The molecule has 0 spiro atoms. The molecular weight excluding hydrogens is 210 g/mol. The van der Waals surface area contributed by atoms with Crippen LogP contribution in [0.2, 0.25) is 4.34 Å². The summed E-state index contributed by atoms with van der Waals surface area (Å²) < 4.78 is 5.20. The molecule has 0 saturated carbocycles. The molecule has 0 bridgehead atoms. The monoisotopic (exact) mass is 219 g/mol. The molecule has 1 unspecified atom stereocenters. The predicted molar refractivity (Wildman–Crippen MR) is 53.0 cm³/mol. The second-order valence-electron chi connectivity index (χ2n) is 2.54. The number of hydrogen-bond donors (Lipinski definition) is 1. The predicted octanol–water partition coefficient (Wildman–Crippen LogP) is 1.44. The molecule has 2 N–H and O–H groups in total. The van der Waals surface area contributed by atoms with E-state index in [1.807, 2.05) is 6.07 Å². The lowest BCUT2D eigenvalue weighted by Crippen LogP contribution is -2.33. The van der Waals surface area contributed by atoms with Crippen LogP contribution < -0.4 is 5.73 Å². The van der Waals surface area contributed by atoms with Gasteiger partial charge in [0.05, 0.1) is 11.4 Å². The maximum Gasteiger partial charge on any atom is 0.323 e. The number of carbonyl (C=O) groups is 1. The van der Waals surface area contributed by atoms with Crippen molar-refractivity contribution in [2.75, 3.05) is 7.11 Å². The van der Waals surface area contributed by atoms with Crippen LogP contribution in [0.3, 0.4) is 0 Å². The van der Waals surface area contributed by atoms with Gasteiger partial charge in [-0.15, -0.1) is 11.3 Å². The Balaban J connectivity index is 2.54. The first kappa shape index (κ1) is 10.5. The van der Waals surface area contributed by atoms with Crippen molar-refractivity contribution >= 4 is 28.9 Å². The van der Waals surface area contributed by atoms with Crippen LogP contribution in [0.4, 0.5) is 0 Å². The molecule has 1 aromatic rings. The Bertz CT molecular complexity index is 300. The number of ether oxygens (including phenoxy) is 1. The van der Waals surface area contributed by atoms with E-state index < -0.39 is 12.0 Å². The Morgan fingerprint density at radius 2 is 2.46 bits per heavy atom. The zero-order valence-corrected chi connectivity index (χ0v) is 8.69. The smallest absolute Gasteiger partial charge is 0.323 e. The van der Waals surface area contributed by atoms with Crippen LogP contribution in [0.1, 0.15) is 4.88 Å². The number of hydrogen-bond acceptors (Lipinski definition) is 4. The van der Waals surface area contributed by atoms with Crippen molar-refractivity contribution in [3.63, 3.8) is 0 Å². The summed E-state index contributed by atoms with van der Waals surface area (Å²) in [5.74, 6) is -0.399. The van der Waals surface area contributed by atoms with Crippen LogP contribution in [0.25, 0.3) is 0 Å². The summed E-state index contributed by atoms with van der Waals surface area (Å²) in [6.07, 6.45) is 0.476. The third kappa shape index (κ3) is 2.99. The van der Waals surface area contributed by atoms with Crippen molar-refractivity contribution in [3.8, 4) is 0 Å². The highest BCUT2D eigenvalue weighted by atomic mass is 35.5. The largest absolute Gasteiger partial charge is 0.468 e. The molecule has 0 aliphatic heterocycles. The van der Waals surface area contributed by atoms with Gasteiger partial charge in [-0.2, -0.15) is 0 Å². The number of nitrogens with two attached hydrogens (primary N) is 1. The molecule has 0 fully saturated rings. The van der Waals surface area contributed by atoms with Gasteiger partial charge in [0.1, 0.15) is 6.04 Å². The molecule has 72 valence electrons. The number of halogens is 1. The maximum absolute atomic E-state index is 10.9. The van der Waals surface area contributed by atoms with Crippen LogP contribution in [0.5, 0.6) is 0 Å². The van der Waals surface area contributed by atoms with Crippen molar-refractivity contribution in [1.82, 2.24) is 0 Å². The molecule has 3 nitrogen and oxygen atoms in total. The molecule has 0 aromatic carbocycles. The molecule has 1 heterocycles. The number of thiophene rings is 1. The van der Waals surface area contributed by atoms with E-state index >= 15 is 0 Å². The van der Waals surface area contributed by atoms with Gasteiger partial charge >= 0.3 is 5.97 Å². The van der Waals surface area contributed by atoms with Gasteiger partial charge < -0.3 is 10.5 Å². The van der Waals surface area contributed by atoms with E-state index in [0.717, 1.165) is 4.88 Å². The fraction of sp³-hybridized carbons (Fsp3) is 0.375. The van der Waals surface area contributed by atoms with Crippen LogP contribution in [-0.2, 0) is 16.0 Å². The summed E-state index contributed by atoms with van der Waals surface area (Å²) in [7, 11) is 1.32. The van der Waals surface area contributed by atoms with E-state index in [4.69, 9.17) is 17.3 Å². The summed E-state index contributed by atoms with van der Waals surface area (Å²) in [4.78, 5) is 11.9. The summed E-state index contributed by atoms with van der Waals surface area (Å²) in [5.41, 5.74) is 5.56. The molecular formula is C8H10ClNO2S. The third-order valence-corrected chi connectivity index (χ3v) is 2.81. The Kier molecular flexibility index (Phi) is 3.71. The molecule has 0 aliphatic rings. The second kappa shape index (κ2) is 4.60. The molecule has 1 rings (SSSR count). The first-order valence-electron chi connectivity index (χ1n) is 3.71. The number of esters is 1. The summed E-state index contributed by atoms with van der Waals surface area (Å²) in [6.45, 7) is 0. The van der Waals surface area contributed by atoms with Crippen LogP contribution in [-0.4, -0.2) is 19.1 Å². The number of rotatable bonds is 3. The second-order valence-corrected chi connectivity index (χ2v) is 4.34. The SMILES string of the molecule is COC(=O)C(N)Cc1ccc(Cl)s1. The first-order chi connectivity index (χ1) is 6.13. The van der Waals surface area contributed by atoms with E-state index in [1.54, 1.807) is 6.07 Å². The molecule has 0 radical (unpaired) electrons. The van der Waals surface area contributed by atoms with Gasteiger partial charge in [-0.25, -0.2) is 0 Å². The first-order valence-corrected chi connectivity index (χ1v) is 4.90. The highest BCUT2D eigenvalue weighted by molar-refractivity contribution is 7.16. The van der Waals surface area contributed by atoms with E-state index in [1.165, 1.54) is 18.4 Å². The molecule has 0 saturated heterocycles. The van der Waals surface area contributed by atoms with E-state index in [0.29, 0.717) is 10.8 Å². The van der Waals surface area contributed by atoms with Gasteiger partial charge in [-0.3, -0.25) is 4.79 Å². The van der Waals surface area contributed by atoms with Crippen molar-refractivity contribution in [2.24, 2.45) is 5.73 Å². The van der Waals surface area contributed by atoms with Gasteiger partial charge in [-0.1, -0.05) is 11.6 Å². The average Bonchev–Trinajstić information content (AvgIpc) is 2.49. The standard InChI is InChI=1S/C8H10ClNO2S/c1-12-8(11)6(10)4-5-2-3-7(9)13-5/h2-3,6H,4,10H2,1H3. The zero-order valence-electron chi connectivity index (χ0n) is 7.12. The third-order valence-electron chi connectivity index (χ3n) is 1.55. The Labute approximate surface area is 85.4 Å². The molecule has 0 amide bonds. The highest BCUT2D eigenvalue weighted by Crippen LogP contribution is 2.22. The minimum atomic E-state index is -0.597. The topological polar surface area (TPSA) is 52.3 Å². The Morgan fingerprint density at radius 3 is 2.92 bits per heavy atom. The lowest BCUT2D eigenvalue weighted by Gasteiger charge is -2.06. The summed E-state index contributed by atoms with van der Waals surface area (Å²) in [6, 6.07) is 3.04. The molecule has 13 heavy (non-hydrogen) atoms. The van der Waals surface area contributed by atoms with E-state index in [-0.39, 0.29) is 0 Å². The number of carbonyl (C=O) groups excluding carboxylic acids is 1. The minimum absolute atomic E-state index is 0.399. The fourth-order valence-corrected chi connectivity index (χ4v) is 2.06. The molecule has 1 aromatic heterocycles.